The molecule has 0 radical (unpaired) electrons. The van der Waals surface area contributed by atoms with Crippen molar-refractivity contribution in [2.45, 2.75) is 6.92 Å². The highest BCUT2D eigenvalue weighted by molar-refractivity contribution is 6.53. The van der Waals surface area contributed by atoms with E-state index in [2.05, 4.69) is 0 Å². The predicted octanol–water partition coefficient (Wildman–Crippen LogP) is 5.33. The molecule has 0 bridgehead atoms. The summed E-state index contributed by atoms with van der Waals surface area (Å²) in [6, 6.07) is 25.5. The summed E-state index contributed by atoms with van der Waals surface area (Å²) in [6.07, 6.45) is 0. The first-order chi connectivity index (χ1) is 14.6. The van der Waals surface area contributed by atoms with Gasteiger partial charge in [-0.2, -0.15) is 0 Å². The third-order valence-electron chi connectivity index (χ3n) is 4.73. The van der Waals surface area contributed by atoms with Gasteiger partial charge in [0.15, 0.2) is 0 Å². The molecule has 4 rings (SSSR count). The van der Waals surface area contributed by atoms with Crippen molar-refractivity contribution in [2.24, 2.45) is 0 Å². The zero-order valence-corrected chi connectivity index (χ0v) is 17.0. The number of rotatable bonds is 6. The zero-order valence-electron chi connectivity index (χ0n) is 16.3. The first-order valence-electron chi connectivity index (χ1n) is 9.54. The standard InChI is InChI=1S/C24H19ClN2O3/c1-2-26(17-9-5-3-6-10-17)22-21(25)23(28)27(24(22)29)18-13-15-20(16-14-18)30-19-11-7-4-8-12-19/h3-16H,2H2,1H3. The maximum absolute atomic E-state index is 13.2. The summed E-state index contributed by atoms with van der Waals surface area (Å²) in [5.41, 5.74) is 1.41. The van der Waals surface area contributed by atoms with Gasteiger partial charge < -0.3 is 9.64 Å². The molecular formula is C24H19ClN2O3. The maximum atomic E-state index is 13.2. The van der Waals surface area contributed by atoms with Crippen LogP contribution in [-0.2, 0) is 9.59 Å². The second-order valence-corrected chi connectivity index (χ2v) is 6.98. The molecule has 0 aromatic heterocycles. The van der Waals surface area contributed by atoms with Gasteiger partial charge in [-0.3, -0.25) is 9.59 Å². The van der Waals surface area contributed by atoms with Crippen molar-refractivity contribution in [3.05, 3.63) is 95.7 Å². The molecule has 150 valence electrons. The number of para-hydroxylation sites is 2. The summed E-state index contributed by atoms with van der Waals surface area (Å²) in [7, 11) is 0. The monoisotopic (exact) mass is 418 g/mol. The Hall–Kier alpha value is -3.57. The Balaban J connectivity index is 1.59. The van der Waals surface area contributed by atoms with E-state index in [0.717, 1.165) is 10.6 Å². The first kappa shape index (κ1) is 19.7. The number of hydrogen-bond acceptors (Lipinski definition) is 4. The molecule has 3 aromatic rings. The van der Waals surface area contributed by atoms with Gasteiger partial charge in [0.25, 0.3) is 11.8 Å². The minimum absolute atomic E-state index is 0.0877. The third-order valence-corrected chi connectivity index (χ3v) is 5.07. The minimum Gasteiger partial charge on any atom is -0.457 e. The summed E-state index contributed by atoms with van der Waals surface area (Å²) in [4.78, 5) is 28.8. The summed E-state index contributed by atoms with van der Waals surface area (Å²) in [5, 5.41) is -0.0877. The van der Waals surface area contributed by atoms with E-state index in [1.54, 1.807) is 29.2 Å². The van der Waals surface area contributed by atoms with Crippen LogP contribution in [0.3, 0.4) is 0 Å². The van der Waals surface area contributed by atoms with Gasteiger partial charge in [0.1, 0.15) is 22.2 Å². The van der Waals surface area contributed by atoms with Crippen LogP contribution >= 0.6 is 11.6 Å². The van der Waals surface area contributed by atoms with Gasteiger partial charge >= 0.3 is 0 Å². The molecule has 0 saturated carbocycles. The fourth-order valence-electron chi connectivity index (χ4n) is 3.33. The molecule has 1 heterocycles. The number of nitrogens with zero attached hydrogens (tertiary/aromatic N) is 2. The van der Waals surface area contributed by atoms with Crippen molar-refractivity contribution >= 4 is 34.8 Å². The van der Waals surface area contributed by atoms with Crippen molar-refractivity contribution in [3.63, 3.8) is 0 Å². The van der Waals surface area contributed by atoms with Crippen LogP contribution < -0.4 is 14.5 Å². The van der Waals surface area contributed by atoms with Crippen molar-refractivity contribution in [2.75, 3.05) is 16.3 Å². The zero-order chi connectivity index (χ0) is 21.1. The topological polar surface area (TPSA) is 49.9 Å². The highest BCUT2D eigenvalue weighted by atomic mass is 35.5. The van der Waals surface area contributed by atoms with E-state index >= 15 is 0 Å². The van der Waals surface area contributed by atoms with Gasteiger partial charge in [-0.05, 0) is 55.5 Å². The van der Waals surface area contributed by atoms with Crippen LogP contribution in [0.1, 0.15) is 6.92 Å². The summed E-state index contributed by atoms with van der Waals surface area (Å²) in [5.74, 6) is 0.310. The van der Waals surface area contributed by atoms with E-state index in [1.165, 1.54) is 0 Å². The number of amides is 2. The number of ether oxygens (including phenoxy) is 1. The smallest absolute Gasteiger partial charge is 0.283 e. The summed E-state index contributed by atoms with van der Waals surface area (Å²) >= 11 is 6.33. The van der Waals surface area contributed by atoms with Crippen LogP contribution in [0, 0.1) is 0 Å². The highest BCUT2D eigenvalue weighted by Crippen LogP contribution is 2.34. The Bertz CT molecular complexity index is 1100. The lowest BCUT2D eigenvalue weighted by atomic mass is 10.2. The van der Waals surface area contributed by atoms with E-state index < -0.39 is 11.8 Å². The molecule has 0 spiro atoms. The number of anilines is 2. The number of likely N-dealkylation sites (N-methyl/N-ethyl adjacent to an activating group) is 1. The van der Waals surface area contributed by atoms with Gasteiger partial charge in [0.05, 0.1) is 5.69 Å². The lowest BCUT2D eigenvalue weighted by Gasteiger charge is -2.24. The molecule has 0 atom stereocenters. The second-order valence-electron chi connectivity index (χ2n) is 6.60. The summed E-state index contributed by atoms with van der Waals surface area (Å²) in [6.45, 7) is 2.40. The number of carbonyl (C=O) groups is 2. The number of imide groups is 1. The Labute approximate surface area is 179 Å². The van der Waals surface area contributed by atoms with Gasteiger partial charge in [-0.25, -0.2) is 4.90 Å². The summed E-state index contributed by atoms with van der Waals surface area (Å²) < 4.78 is 5.77. The van der Waals surface area contributed by atoms with Crippen molar-refractivity contribution in [1.82, 2.24) is 0 Å². The lowest BCUT2D eigenvalue weighted by Crippen LogP contribution is -2.35. The molecule has 3 aromatic carbocycles. The van der Waals surface area contributed by atoms with E-state index in [4.69, 9.17) is 16.3 Å². The third kappa shape index (κ3) is 3.67. The quantitative estimate of drug-likeness (QED) is 0.508. The van der Waals surface area contributed by atoms with Crippen LogP contribution in [0.2, 0.25) is 0 Å². The number of benzene rings is 3. The largest absolute Gasteiger partial charge is 0.457 e. The Morgan fingerprint density at radius 2 is 1.37 bits per heavy atom. The van der Waals surface area contributed by atoms with Crippen LogP contribution in [0.25, 0.3) is 0 Å². The maximum Gasteiger partial charge on any atom is 0.283 e. The van der Waals surface area contributed by atoms with Crippen molar-refractivity contribution in [1.29, 1.82) is 0 Å². The first-order valence-corrected chi connectivity index (χ1v) is 9.92. The van der Waals surface area contributed by atoms with Gasteiger partial charge in [-0.1, -0.05) is 48.0 Å². The van der Waals surface area contributed by atoms with Crippen molar-refractivity contribution < 1.29 is 14.3 Å². The molecule has 5 nitrogen and oxygen atoms in total. The molecule has 1 aliphatic heterocycles. The number of halogens is 1. The van der Waals surface area contributed by atoms with Gasteiger partial charge in [-0.15, -0.1) is 0 Å². The molecule has 2 amide bonds. The molecule has 0 unspecified atom stereocenters. The predicted molar refractivity (Wildman–Crippen MR) is 118 cm³/mol. The Morgan fingerprint density at radius 1 is 0.800 bits per heavy atom. The average molecular weight is 419 g/mol. The molecule has 1 aliphatic rings. The minimum atomic E-state index is -0.539. The molecule has 0 aliphatic carbocycles. The second kappa shape index (κ2) is 8.43. The number of hydrogen-bond donors (Lipinski definition) is 0. The van der Waals surface area contributed by atoms with Crippen molar-refractivity contribution in [3.8, 4) is 11.5 Å². The Kier molecular flexibility index (Phi) is 5.55. The normalized spacial score (nSPS) is 13.7. The molecule has 0 N–H and O–H groups in total. The SMILES string of the molecule is CCN(C1=C(Cl)C(=O)N(c2ccc(Oc3ccccc3)cc2)C1=O)c1ccccc1. The fourth-order valence-corrected chi connectivity index (χ4v) is 3.59. The van der Waals surface area contributed by atoms with Crippen LogP contribution in [0.15, 0.2) is 95.7 Å². The fraction of sp³-hybridized carbons (Fsp3) is 0.0833. The van der Waals surface area contributed by atoms with Crippen LogP contribution in [0.5, 0.6) is 11.5 Å². The van der Waals surface area contributed by atoms with E-state index in [-0.39, 0.29) is 10.7 Å². The molecule has 6 heteroatoms. The van der Waals surface area contributed by atoms with E-state index in [0.29, 0.717) is 23.7 Å². The number of carbonyl (C=O) groups excluding carboxylic acids is 2. The van der Waals surface area contributed by atoms with Gasteiger partial charge in [0, 0.05) is 12.2 Å². The highest BCUT2D eigenvalue weighted by Gasteiger charge is 2.41. The Morgan fingerprint density at radius 3 is 1.97 bits per heavy atom. The molecular weight excluding hydrogens is 400 g/mol. The molecule has 0 saturated heterocycles. The molecule has 0 fully saturated rings. The molecule has 30 heavy (non-hydrogen) atoms. The van der Waals surface area contributed by atoms with E-state index in [1.807, 2.05) is 67.6 Å². The lowest BCUT2D eigenvalue weighted by molar-refractivity contribution is -0.120. The average Bonchev–Trinajstić information content (AvgIpc) is 3.00. The van der Waals surface area contributed by atoms with Gasteiger partial charge in [0.2, 0.25) is 0 Å². The van der Waals surface area contributed by atoms with Crippen LogP contribution in [0.4, 0.5) is 11.4 Å². The van der Waals surface area contributed by atoms with Crippen LogP contribution in [-0.4, -0.2) is 18.4 Å². The van der Waals surface area contributed by atoms with E-state index in [9.17, 15) is 9.59 Å².